The van der Waals surface area contributed by atoms with Gasteiger partial charge in [-0.05, 0) is 24.3 Å². The zero-order valence-electron chi connectivity index (χ0n) is 12.2. The quantitative estimate of drug-likeness (QED) is 0.634. The molecule has 0 saturated heterocycles. The molecule has 0 aliphatic carbocycles. The molecule has 0 aromatic heterocycles. The molecule has 0 heterocycles. The summed E-state index contributed by atoms with van der Waals surface area (Å²) in [6.07, 6.45) is 0. The number of benzene rings is 2. The minimum absolute atomic E-state index is 0.0312. The maximum atomic E-state index is 12.0. The highest BCUT2D eigenvalue weighted by atomic mass is 32.2. The van der Waals surface area contributed by atoms with Crippen molar-refractivity contribution in [2.45, 2.75) is 10.5 Å². The van der Waals surface area contributed by atoms with Gasteiger partial charge in [-0.15, -0.1) is 0 Å². The second kappa shape index (κ2) is 7.40. The molecule has 0 aliphatic rings. The lowest BCUT2D eigenvalue weighted by Gasteiger charge is -2.19. The van der Waals surface area contributed by atoms with Crippen LogP contribution in [0.15, 0.2) is 65.6 Å². The van der Waals surface area contributed by atoms with Crippen LogP contribution in [0.5, 0.6) is 0 Å². The number of rotatable bonds is 5. The molecule has 120 valence electrons. The van der Waals surface area contributed by atoms with E-state index in [2.05, 4.69) is 11.8 Å². The minimum Gasteiger partial charge on any atom is -0.392 e. The van der Waals surface area contributed by atoms with Crippen LogP contribution in [0.1, 0.15) is 5.56 Å². The summed E-state index contributed by atoms with van der Waals surface area (Å²) in [6.45, 7) is -1.42. The molecule has 1 atom stereocenters. The Hall–Kier alpha value is -2.17. The summed E-state index contributed by atoms with van der Waals surface area (Å²) in [4.78, 5) is -0.0312. The van der Waals surface area contributed by atoms with Crippen molar-refractivity contribution in [3.63, 3.8) is 0 Å². The third kappa shape index (κ3) is 4.91. The second-order valence-electron chi connectivity index (χ2n) is 4.84. The van der Waals surface area contributed by atoms with Crippen molar-refractivity contribution in [3.05, 3.63) is 66.2 Å². The molecule has 0 radical (unpaired) electrons. The van der Waals surface area contributed by atoms with Gasteiger partial charge in [0.15, 0.2) is 5.60 Å². The van der Waals surface area contributed by atoms with E-state index in [1.165, 1.54) is 12.1 Å². The van der Waals surface area contributed by atoms with Gasteiger partial charge in [0, 0.05) is 5.56 Å². The summed E-state index contributed by atoms with van der Waals surface area (Å²) >= 11 is 0. The summed E-state index contributed by atoms with van der Waals surface area (Å²) in [5, 5.41) is 19.5. The summed E-state index contributed by atoms with van der Waals surface area (Å²) in [7, 11) is -4.03. The summed E-state index contributed by atoms with van der Waals surface area (Å²) < 4.78 is 28.8. The van der Waals surface area contributed by atoms with Crippen molar-refractivity contribution in [3.8, 4) is 11.8 Å². The van der Waals surface area contributed by atoms with Crippen LogP contribution in [-0.2, 0) is 14.3 Å². The van der Waals surface area contributed by atoms with E-state index in [0.29, 0.717) is 5.56 Å². The molecule has 0 spiro atoms. The Kier molecular flexibility index (Phi) is 5.53. The van der Waals surface area contributed by atoms with Crippen LogP contribution in [0.4, 0.5) is 0 Å². The van der Waals surface area contributed by atoms with Gasteiger partial charge in [0.25, 0.3) is 10.1 Å². The normalized spacial score (nSPS) is 13.7. The molecule has 0 amide bonds. The van der Waals surface area contributed by atoms with E-state index in [-0.39, 0.29) is 4.90 Å². The zero-order chi connectivity index (χ0) is 16.8. The minimum atomic E-state index is -4.03. The smallest absolute Gasteiger partial charge is 0.297 e. The molecule has 0 unspecified atom stereocenters. The van der Waals surface area contributed by atoms with Crippen molar-refractivity contribution in [1.82, 2.24) is 0 Å². The molecule has 23 heavy (non-hydrogen) atoms. The Balaban J connectivity index is 2.12. The van der Waals surface area contributed by atoms with Crippen LogP contribution in [-0.4, -0.2) is 37.4 Å². The first kappa shape index (κ1) is 17.2. The maximum Gasteiger partial charge on any atom is 0.297 e. The van der Waals surface area contributed by atoms with Crippen LogP contribution < -0.4 is 0 Å². The van der Waals surface area contributed by atoms with Gasteiger partial charge < -0.3 is 10.2 Å². The molecule has 0 fully saturated rings. The second-order valence-corrected chi connectivity index (χ2v) is 6.45. The standard InChI is InChI=1S/C17H16O5S/c18-13-17(19,12-11-15-7-3-1-4-8-15)14-22-23(20,21)16-9-5-2-6-10-16/h1-10,18-19H,13-14H2/t17-/m1/s1. The lowest BCUT2D eigenvalue weighted by Crippen LogP contribution is -2.38. The zero-order valence-corrected chi connectivity index (χ0v) is 13.0. The highest BCUT2D eigenvalue weighted by Crippen LogP contribution is 2.14. The summed E-state index contributed by atoms with van der Waals surface area (Å²) in [5.74, 6) is 5.13. The Morgan fingerprint density at radius 2 is 1.57 bits per heavy atom. The maximum absolute atomic E-state index is 12.0. The van der Waals surface area contributed by atoms with Gasteiger partial charge in [-0.3, -0.25) is 4.18 Å². The molecule has 2 aromatic rings. The topological polar surface area (TPSA) is 83.8 Å². The molecule has 2 aromatic carbocycles. The number of aliphatic hydroxyl groups is 2. The van der Waals surface area contributed by atoms with Gasteiger partial charge in [-0.1, -0.05) is 48.2 Å². The van der Waals surface area contributed by atoms with Crippen molar-refractivity contribution < 1.29 is 22.8 Å². The van der Waals surface area contributed by atoms with E-state index in [1.54, 1.807) is 42.5 Å². The van der Waals surface area contributed by atoms with Crippen LogP contribution >= 0.6 is 0 Å². The van der Waals surface area contributed by atoms with Crippen molar-refractivity contribution >= 4 is 10.1 Å². The fourth-order valence-electron chi connectivity index (χ4n) is 1.66. The van der Waals surface area contributed by atoms with Crippen molar-refractivity contribution in [2.24, 2.45) is 0 Å². The molecular weight excluding hydrogens is 316 g/mol. The van der Waals surface area contributed by atoms with E-state index in [1.807, 2.05) is 6.07 Å². The molecule has 5 nitrogen and oxygen atoms in total. The van der Waals surface area contributed by atoms with Crippen LogP contribution in [0.3, 0.4) is 0 Å². The molecule has 2 rings (SSSR count). The highest BCUT2D eigenvalue weighted by molar-refractivity contribution is 7.86. The lowest BCUT2D eigenvalue weighted by atomic mass is 10.1. The highest BCUT2D eigenvalue weighted by Gasteiger charge is 2.28. The first-order valence-corrected chi connectivity index (χ1v) is 8.22. The predicted octanol–water partition coefficient (Wildman–Crippen LogP) is 1.17. The third-order valence-electron chi connectivity index (χ3n) is 2.96. The van der Waals surface area contributed by atoms with Crippen molar-refractivity contribution in [1.29, 1.82) is 0 Å². The summed E-state index contributed by atoms with van der Waals surface area (Å²) in [5.41, 5.74) is -1.34. The monoisotopic (exact) mass is 332 g/mol. The number of aliphatic hydroxyl groups excluding tert-OH is 1. The van der Waals surface area contributed by atoms with E-state index in [4.69, 9.17) is 4.18 Å². The molecule has 0 saturated carbocycles. The predicted molar refractivity (Wildman–Crippen MR) is 84.9 cm³/mol. The SMILES string of the molecule is O=S(=O)(OC[C@@](O)(C#Cc1ccccc1)CO)c1ccccc1. The largest absolute Gasteiger partial charge is 0.392 e. The van der Waals surface area contributed by atoms with Crippen LogP contribution in [0.25, 0.3) is 0 Å². The summed E-state index contributed by atoms with van der Waals surface area (Å²) in [6, 6.07) is 16.4. The average molecular weight is 332 g/mol. The van der Waals surface area contributed by atoms with Crippen molar-refractivity contribution in [2.75, 3.05) is 13.2 Å². The van der Waals surface area contributed by atoms with Gasteiger partial charge in [0.05, 0.1) is 11.5 Å². The van der Waals surface area contributed by atoms with Crippen LogP contribution in [0, 0.1) is 11.8 Å². The Bertz CT molecular complexity index is 791. The molecule has 2 N–H and O–H groups in total. The molecular formula is C17H16O5S. The molecule has 0 aliphatic heterocycles. The third-order valence-corrected chi connectivity index (χ3v) is 4.24. The fourth-order valence-corrected chi connectivity index (χ4v) is 2.64. The van der Waals surface area contributed by atoms with Gasteiger partial charge in [0.1, 0.15) is 6.61 Å². The first-order valence-electron chi connectivity index (χ1n) is 6.81. The van der Waals surface area contributed by atoms with Gasteiger partial charge in [-0.2, -0.15) is 8.42 Å². The first-order chi connectivity index (χ1) is 11.0. The van der Waals surface area contributed by atoms with Crippen LogP contribution in [0.2, 0.25) is 0 Å². The van der Waals surface area contributed by atoms with E-state index in [0.717, 1.165) is 0 Å². The Morgan fingerprint density at radius 3 is 2.13 bits per heavy atom. The van der Waals surface area contributed by atoms with Gasteiger partial charge in [-0.25, -0.2) is 0 Å². The van der Waals surface area contributed by atoms with E-state index in [9.17, 15) is 18.6 Å². The molecule has 6 heteroatoms. The molecule has 0 bridgehead atoms. The Morgan fingerprint density at radius 1 is 1.00 bits per heavy atom. The van der Waals surface area contributed by atoms with Gasteiger partial charge in [0.2, 0.25) is 0 Å². The van der Waals surface area contributed by atoms with E-state index >= 15 is 0 Å². The fraction of sp³-hybridized carbons (Fsp3) is 0.176. The number of hydrogen-bond donors (Lipinski definition) is 2. The van der Waals surface area contributed by atoms with E-state index < -0.39 is 28.9 Å². The number of hydrogen-bond acceptors (Lipinski definition) is 5. The average Bonchev–Trinajstić information content (AvgIpc) is 2.60. The lowest BCUT2D eigenvalue weighted by molar-refractivity contribution is 0.000291. The Labute approximate surface area is 135 Å². The van der Waals surface area contributed by atoms with Gasteiger partial charge >= 0.3 is 0 Å².